The van der Waals surface area contributed by atoms with Gasteiger partial charge in [0.1, 0.15) is 24.3 Å². The van der Waals surface area contributed by atoms with Crippen molar-refractivity contribution in [2.75, 3.05) is 13.7 Å². The number of aromatic nitrogens is 1. The van der Waals surface area contributed by atoms with Crippen molar-refractivity contribution in [2.24, 2.45) is 5.92 Å². The zero-order chi connectivity index (χ0) is 26.2. The topological polar surface area (TPSA) is 140 Å². The van der Waals surface area contributed by atoms with Crippen molar-refractivity contribution < 1.29 is 28.6 Å². The Morgan fingerprint density at radius 3 is 2.54 bits per heavy atom. The Morgan fingerprint density at radius 2 is 1.86 bits per heavy atom. The summed E-state index contributed by atoms with van der Waals surface area (Å²) in [5.74, 6) is -0.252. The van der Waals surface area contributed by atoms with Gasteiger partial charge in [-0.1, -0.05) is 6.42 Å². The standard InChI is InChI=1S/C27H32N4O6/c1-35-27(34)31-25(28)18-9-12-23(29-15-18)17-7-10-21(11-8-17)36-16-20-13-19(26(33)30-20)14-24(32)37-22-5-3-2-4-6-22/h7-12,15,19-20,22H,2-6,13-14,16H2,1H3,(H,30,33)(H2,28,31,34)/t19-,20-/m0/s1. The minimum absolute atomic E-state index is 0.00185. The van der Waals surface area contributed by atoms with E-state index in [4.69, 9.17) is 14.9 Å². The first-order valence-electron chi connectivity index (χ1n) is 12.5. The van der Waals surface area contributed by atoms with Gasteiger partial charge in [-0.05, 0) is 68.5 Å². The van der Waals surface area contributed by atoms with E-state index < -0.39 is 6.09 Å². The van der Waals surface area contributed by atoms with Gasteiger partial charge in [0.2, 0.25) is 5.91 Å². The molecule has 0 unspecified atom stereocenters. The smallest absolute Gasteiger partial charge is 0.412 e. The number of ether oxygens (including phenoxy) is 3. The molecule has 2 aliphatic rings. The highest BCUT2D eigenvalue weighted by Gasteiger charge is 2.34. The Kier molecular flexibility index (Phi) is 8.71. The van der Waals surface area contributed by atoms with Gasteiger partial charge in [-0.15, -0.1) is 0 Å². The lowest BCUT2D eigenvalue weighted by molar-refractivity contribution is -0.152. The van der Waals surface area contributed by atoms with E-state index in [2.05, 4.69) is 20.4 Å². The van der Waals surface area contributed by atoms with Crippen LogP contribution in [-0.4, -0.2) is 54.7 Å². The number of rotatable bonds is 8. The minimum atomic E-state index is -0.713. The van der Waals surface area contributed by atoms with Crippen LogP contribution in [0.1, 0.15) is 50.5 Å². The van der Waals surface area contributed by atoms with Crippen molar-refractivity contribution >= 4 is 23.8 Å². The van der Waals surface area contributed by atoms with E-state index in [1.54, 1.807) is 12.1 Å². The highest BCUT2D eigenvalue weighted by atomic mass is 16.5. The van der Waals surface area contributed by atoms with Crippen LogP contribution in [0.2, 0.25) is 0 Å². The van der Waals surface area contributed by atoms with Crippen LogP contribution < -0.4 is 15.4 Å². The summed E-state index contributed by atoms with van der Waals surface area (Å²) in [4.78, 5) is 40.2. The van der Waals surface area contributed by atoms with Gasteiger partial charge in [0, 0.05) is 17.3 Å². The summed E-state index contributed by atoms with van der Waals surface area (Å²) in [6.07, 6.45) is 6.63. The first kappa shape index (κ1) is 26.1. The Morgan fingerprint density at radius 1 is 1.11 bits per heavy atom. The molecule has 2 fully saturated rings. The van der Waals surface area contributed by atoms with E-state index >= 15 is 0 Å². The maximum absolute atomic E-state index is 12.3. The molecule has 1 aromatic carbocycles. The zero-order valence-electron chi connectivity index (χ0n) is 20.8. The number of alkyl carbamates (subject to hydrolysis) is 1. The summed E-state index contributed by atoms with van der Waals surface area (Å²) in [6.45, 7) is 0.307. The third-order valence-electron chi connectivity index (χ3n) is 6.62. The molecule has 1 aliphatic heterocycles. The van der Waals surface area contributed by atoms with Gasteiger partial charge in [0.25, 0.3) is 0 Å². The normalized spacial score (nSPS) is 19.5. The van der Waals surface area contributed by atoms with E-state index in [1.807, 2.05) is 24.3 Å². The summed E-state index contributed by atoms with van der Waals surface area (Å²) in [5.41, 5.74) is 2.01. The fraction of sp³-hybridized carbons (Fsp3) is 0.444. The fourth-order valence-electron chi connectivity index (χ4n) is 4.59. The number of carbonyl (C=O) groups is 3. The first-order valence-corrected chi connectivity index (χ1v) is 12.5. The SMILES string of the molecule is COC(=O)NC(=N)c1ccc(-c2ccc(OC[C@@H]3C[C@@H](CC(=O)OC4CCCCC4)C(=O)N3)cc2)nc1. The molecule has 1 aromatic heterocycles. The molecule has 37 heavy (non-hydrogen) atoms. The van der Waals surface area contributed by atoms with Crippen molar-refractivity contribution in [3.05, 3.63) is 48.2 Å². The van der Waals surface area contributed by atoms with Crippen molar-refractivity contribution in [3.8, 4) is 17.0 Å². The molecule has 3 N–H and O–H groups in total. The molecule has 10 nitrogen and oxygen atoms in total. The van der Waals surface area contributed by atoms with Crippen LogP contribution in [0.15, 0.2) is 42.6 Å². The van der Waals surface area contributed by atoms with Gasteiger partial charge in [0.05, 0.1) is 31.2 Å². The summed E-state index contributed by atoms with van der Waals surface area (Å²) < 4.78 is 15.9. The van der Waals surface area contributed by atoms with E-state index in [0.29, 0.717) is 30.0 Å². The average molecular weight is 509 g/mol. The number of carbonyl (C=O) groups excluding carboxylic acids is 3. The van der Waals surface area contributed by atoms with Crippen LogP contribution in [0.3, 0.4) is 0 Å². The van der Waals surface area contributed by atoms with Crippen molar-refractivity contribution in [3.63, 3.8) is 0 Å². The third kappa shape index (κ3) is 7.28. The molecule has 0 bridgehead atoms. The maximum atomic E-state index is 12.3. The first-order chi connectivity index (χ1) is 17.9. The molecule has 1 aliphatic carbocycles. The van der Waals surface area contributed by atoms with Crippen molar-refractivity contribution in [2.45, 2.75) is 57.1 Å². The number of methoxy groups -OCH3 is 1. The number of amides is 2. The van der Waals surface area contributed by atoms with Crippen LogP contribution >= 0.6 is 0 Å². The lowest BCUT2D eigenvalue weighted by Gasteiger charge is -2.22. The Balaban J connectivity index is 1.23. The number of benzene rings is 1. The minimum Gasteiger partial charge on any atom is -0.491 e. The van der Waals surface area contributed by atoms with Gasteiger partial charge in [0.15, 0.2) is 0 Å². The molecule has 4 rings (SSSR count). The molecule has 10 heteroatoms. The number of hydrogen-bond donors (Lipinski definition) is 3. The van der Waals surface area contributed by atoms with Gasteiger partial charge in [-0.3, -0.25) is 25.3 Å². The Labute approximate surface area is 215 Å². The van der Waals surface area contributed by atoms with Crippen LogP contribution in [0.25, 0.3) is 11.3 Å². The van der Waals surface area contributed by atoms with Crippen LogP contribution in [-0.2, 0) is 19.1 Å². The van der Waals surface area contributed by atoms with Crippen LogP contribution in [0.5, 0.6) is 5.75 Å². The number of pyridine rings is 1. The summed E-state index contributed by atoms with van der Waals surface area (Å²) in [7, 11) is 1.23. The quantitative estimate of drug-likeness (QED) is 0.281. The monoisotopic (exact) mass is 508 g/mol. The summed E-state index contributed by atoms with van der Waals surface area (Å²) >= 11 is 0. The predicted octanol–water partition coefficient (Wildman–Crippen LogP) is 3.58. The number of amidine groups is 1. The summed E-state index contributed by atoms with van der Waals surface area (Å²) in [5, 5.41) is 13.1. The molecule has 1 saturated heterocycles. The van der Waals surface area contributed by atoms with Gasteiger partial charge in [-0.2, -0.15) is 0 Å². The molecule has 196 valence electrons. The number of hydrogen-bond acceptors (Lipinski definition) is 8. The lowest BCUT2D eigenvalue weighted by atomic mass is 9.97. The maximum Gasteiger partial charge on any atom is 0.412 e. The van der Waals surface area contributed by atoms with Crippen LogP contribution in [0, 0.1) is 11.3 Å². The molecule has 2 heterocycles. The van der Waals surface area contributed by atoms with Gasteiger partial charge >= 0.3 is 12.1 Å². The van der Waals surface area contributed by atoms with E-state index in [9.17, 15) is 14.4 Å². The number of nitrogens with one attached hydrogen (secondary N) is 3. The zero-order valence-corrected chi connectivity index (χ0v) is 20.8. The molecule has 2 aromatic rings. The average Bonchev–Trinajstić information content (AvgIpc) is 3.26. The second-order valence-electron chi connectivity index (χ2n) is 9.35. The lowest BCUT2D eigenvalue weighted by Crippen LogP contribution is -2.31. The third-order valence-corrected chi connectivity index (χ3v) is 6.62. The highest BCUT2D eigenvalue weighted by molar-refractivity contribution is 6.04. The molecule has 0 radical (unpaired) electrons. The molecule has 1 saturated carbocycles. The molecule has 0 spiro atoms. The Hall–Kier alpha value is -3.95. The van der Waals surface area contributed by atoms with Gasteiger partial charge < -0.3 is 19.5 Å². The van der Waals surface area contributed by atoms with Crippen molar-refractivity contribution in [1.29, 1.82) is 5.41 Å². The molecule has 2 atom stereocenters. The number of nitrogens with zero attached hydrogens (tertiary/aromatic N) is 1. The Bertz CT molecular complexity index is 1110. The predicted molar refractivity (Wildman–Crippen MR) is 135 cm³/mol. The molecular weight excluding hydrogens is 476 g/mol. The highest BCUT2D eigenvalue weighted by Crippen LogP contribution is 2.25. The largest absolute Gasteiger partial charge is 0.491 e. The van der Waals surface area contributed by atoms with Crippen molar-refractivity contribution in [1.82, 2.24) is 15.6 Å². The second-order valence-corrected chi connectivity index (χ2v) is 9.35. The van der Waals surface area contributed by atoms with Crippen LogP contribution in [0.4, 0.5) is 4.79 Å². The summed E-state index contributed by atoms with van der Waals surface area (Å²) in [6, 6.07) is 10.7. The molecule has 2 amide bonds. The number of esters is 1. The fourth-order valence-corrected chi connectivity index (χ4v) is 4.59. The van der Waals surface area contributed by atoms with E-state index in [1.165, 1.54) is 19.7 Å². The van der Waals surface area contributed by atoms with E-state index in [0.717, 1.165) is 31.2 Å². The second kappa shape index (κ2) is 12.3. The van der Waals surface area contributed by atoms with E-state index in [-0.39, 0.29) is 42.2 Å². The molecular formula is C27H32N4O6. The van der Waals surface area contributed by atoms with Gasteiger partial charge in [-0.25, -0.2) is 4.79 Å².